The quantitative estimate of drug-likeness (QED) is 0.516. The fourth-order valence-corrected chi connectivity index (χ4v) is 4.91. The molecule has 0 aliphatic heterocycles. The van der Waals surface area contributed by atoms with Gasteiger partial charge in [0.15, 0.2) is 0 Å². The van der Waals surface area contributed by atoms with Crippen molar-refractivity contribution in [3.63, 3.8) is 0 Å². The maximum Gasteiger partial charge on any atom is 0.261 e. The Hall–Kier alpha value is -2.84. The summed E-state index contributed by atoms with van der Waals surface area (Å²) in [4.78, 5) is 9.75. The van der Waals surface area contributed by atoms with Crippen LogP contribution in [0.3, 0.4) is 0 Å². The number of nitrogens with one attached hydrogen (secondary N) is 1. The smallest absolute Gasteiger partial charge is 0.261 e. The van der Waals surface area contributed by atoms with Crippen LogP contribution in [0, 0.1) is 19.7 Å². The molecule has 0 saturated carbocycles. The molecule has 5 nitrogen and oxygen atoms in total. The third kappa shape index (κ3) is 3.48. The van der Waals surface area contributed by atoms with E-state index in [4.69, 9.17) is 0 Å². The number of benzene rings is 2. The molecule has 2 aromatic carbocycles. The first-order valence-corrected chi connectivity index (χ1v) is 10.7. The second-order valence-corrected chi connectivity index (χ2v) is 9.05. The zero-order chi connectivity index (χ0) is 19.9. The van der Waals surface area contributed by atoms with Crippen LogP contribution >= 0.6 is 11.3 Å². The standard InChI is InChI=1S/C20H16FN3O2S2/c1-12-11-15(6-7-16(12)21)28(25,26)24-17-8-5-14(10-13(17)2)19-23-18-4-3-9-22-20(18)27-19/h3-11,24H,1-2H3. The number of thiazole rings is 1. The minimum atomic E-state index is -3.81. The Bertz CT molecular complexity index is 1270. The van der Waals surface area contributed by atoms with Gasteiger partial charge in [0.05, 0.1) is 10.6 Å². The van der Waals surface area contributed by atoms with Crippen molar-refractivity contribution in [1.29, 1.82) is 0 Å². The van der Waals surface area contributed by atoms with Crippen LogP contribution in [0.2, 0.25) is 0 Å². The lowest BCUT2D eigenvalue weighted by molar-refractivity contribution is 0.598. The highest BCUT2D eigenvalue weighted by Gasteiger charge is 2.17. The molecule has 4 rings (SSSR count). The van der Waals surface area contributed by atoms with Gasteiger partial charge in [-0.2, -0.15) is 0 Å². The van der Waals surface area contributed by atoms with Crippen molar-refractivity contribution in [3.8, 4) is 10.6 Å². The second kappa shape index (κ2) is 6.96. The van der Waals surface area contributed by atoms with Crippen molar-refractivity contribution in [2.24, 2.45) is 0 Å². The Morgan fingerprint density at radius 2 is 1.86 bits per heavy atom. The van der Waals surface area contributed by atoms with Crippen LogP contribution in [0.15, 0.2) is 59.6 Å². The van der Waals surface area contributed by atoms with Gasteiger partial charge in [0.2, 0.25) is 0 Å². The minimum Gasteiger partial charge on any atom is -0.279 e. The maximum atomic E-state index is 13.4. The molecule has 0 saturated heterocycles. The van der Waals surface area contributed by atoms with E-state index >= 15 is 0 Å². The number of rotatable bonds is 4. The third-order valence-electron chi connectivity index (χ3n) is 4.32. The first kappa shape index (κ1) is 18.5. The Balaban J connectivity index is 1.65. The number of nitrogens with zero attached hydrogens (tertiary/aromatic N) is 2. The van der Waals surface area contributed by atoms with E-state index in [1.807, 2.05) is 31.2 Å². The number of hydrogen-bond donors (Lipinski definition) is 1. The van der Waals surface area contributed by atoms with E-state index in [2.05, 4.69) is 14.7 Å². The molecule has 2 aromatic heterocycles. The van der Waals surface area contributed by atoms with Gasteiger partial charge in [-0.15, -0.1) is 0 Å². The summed E-state index contributed by atoms with van der Waals surface area (Å²) >= 11 is 1.48. The molecular weight excluding hydrogens is 397 g/mol. The molecular formula is C20H16FN3O2S2. The molecule has 4 aromatic rings. The molecule has 0 spiro atoms. The van der Waals surface area contributed by atoms with Gasteiger partial charge in [0.25, 0.3) is 10.0 Å². The lowest BCUT2D eigenvalue weighted by Gasteiger charge is -2.12. The molecule has 0 bridgehead atoms. The van der Waals surface area contributed by atoms with Crippen molar-refractivity contribution in [1.82, 2.24) is 9.97 Å². The maximum absolute atomic E-state index is 13.4. The Morgan fingerprint density at radius 1 is 1.04 bits per heavy atom. The molecule has 0 unspecified atom stereocenters. The highest BCUT2D eigenvalue weighted by atomic mass is 32.2. The summed E-state index contributed by atoms with van der Waals surface area (Å²) < 4.78 is 41.3. The molecule has 0 aliphatic carbocycles. The first-order valence-electron chi connectivity index (χ1n) is 8.45. The van der Waals surface area contributed by atoms with E-state index in [9.17, 15) is 12.8 Å². The van der Waals surface area contributed by atoms with Crippen molar-refractivity contribution in [2.45, 2.75) is 18.7 Å². The number of aromatic nitrogens is 2. The molecule has 8 heteroatoms. The number of anilines is 1. The third-order valence-corrected chi connectivity index (χ3v) is 6.72. The molecule has 1 N–H and O–H groups in total. The zero-order valence-corrected chi connectivity index (χ0v) is 16.7. The number of halogens is 1. The Kier molecular flexibility index (Phi) is 4.60. The molecule has 0 fully saturated rings. The van der Waals surface area contributed by atoms with E-state index in [0.717, 1.165) is 32.5 Å². The summed E-state index contributed by atoms with van der Waals surface area (Å²) in [5.74, 6) is -0.440. The van der Waals surface area contributed by atoms with Gasteiger partial charge in [-0.3, -0.25) is 4.72 Å². The molecule has 0 aliphatic rings. The van der Waals surface area contributed by atoms with Crippen molar-refractivity contribution in [2.75, 3.05) is 4.72 Å². The summed E-state index contributed by atoms with van der Waals surface area (Å²) in [6, 6.07) is 12.9. The lowest BCUT2D eigenvalue weighted by atomic mass is 10.1. The largest absolute Gasteiger partial charge is 0.279 e. The monoisotopic (exact) mass is 413 g/mol. The Morgan fingerprint density at radius 3 is 2.57 bits per heavy atom. The van der Waals surface area contributed by atoms with Gasteiger partial charge >= 0.3 is 0 Å². The predicted molar refractivity (Wildman–Crippen MR) is 110 cm³/mol. The molecule has 0 amide bonds. The number of sulfonamides is 1. The van der Waals surface area contributed by atoms with Crippen LogP contribution in [-0.4, -0.2) is 18.4 Å². The Labute approximate surface area is 166 Å². The van der Waals surface area contributed by atoms with Crippen LogP contribution in [0.4, 0.5) is 10.1 Å². The average molecular weight is 413 g/mol. The van der Waals surface area contributed by atoms with Crippen LogP contribution in [0.5, 0.6) is 0 Å². The van der Waals surface area contributed by atoms with Crippen LogP contribution in [0.1, 0.15) is 11.1 Å². The van der Waals surface area contributed by atoms with Crippen molar-refractivity contribution in [3.05, 3.63) is 71.7 Å². The molecule has 142 valence electrons. The van der Waals surface area contributed by atoms with E-state index < -0.39 is 15.8 Å². The summed E-state index contributed by atoms with van der Waals surface area (Å²) in [6.45, 7) is 3.35. The van der Waals surface area contributed by atoms with Crippen molar-refractivity contribution >= 4 is 37.4 Å². The molecule has 28 heavy (non-hydrogen) atoms. The lowest BCUT2D eigenvalue weighted by Crippen LogP contribution is -2.14. The van der Waals surface area contributed by atoms with E-state index in [1.165, 1.54) is 30.4 Å². The van der Waals surface area contributed by atoms with Gasteiger partial charge < -0.3 is 0 Å². The first-order chi connectivity index (χ1) is 13.3. The van der Waals surface area contributed by atoms with Gasteiger partial charge in [-0.1, -0.05) is 11.3 Å². The summed E-state index contributed by atoms with van der Waals surface area (Å²) in [5, 5.41) is 0.820. The number of fused-ring (bicyclic) bond motifs is 1. The molecule has 0 radical (unpaired) electrons. The number of pyridine rings is 1. The van der Waals surface area contributed by atoms with Gasteiger partial charge in [0, 0.05) is 11.8 Å². The summed E-state index contributed by atoms with van der Waals surface area (Å²) in [5.41, 5.74) is 3.22. The van der Waals surface area contributed by atoms with Crippen LogP contribution in [0.25, 0.3) is 20.9 Å². The topological polar surface area (TPSA) is 72.0 Å². The number of aryl methyl sites for hydroxylation is 2. The molecule has 0 atom stereocenters. The molecule has 2 heterocycles. The zero-order valence-electron chi connectivity index (χ0n) is 15.1. The van der Waals surface area contributed by atoms with E-state index in [1.54, 1.807) is 12.3 Å². The second-order valence-electron chi connectivity index (χ2n) is 6.39. The van der Waals surface area contributed by atoms with Crippen molar-refractivity contribution < 1.29 is 12.8 Å². The highest BCUT2D eigenvalue weighted by Crippen LogP contribution is 2.31. The van der Waals surface area contributed by atoms with E-state index in [-0.39, 0.29) is 10.5 Å². The highest BCUT2D eigenvalue weighted by molar-refractivity contribution is 7.92. The van der Waals surface area contributed by atoms with Crippen LogP contribution < -0.4 is 4.72 Å². The minimum absolute atomic E-state index is 0.0205. The van der Waals surface area contributed by atoms with Crippen LogP contribution in [-0.2, 0) is 10.0 Å². The SMILES string of the molecule is Cc1cc(S(=O)(=O)Nc2ccc(-c3nc4cccnc4s3)cc2C)ccc1F. The number of hydrogen-bond acceptors (Lipinski definition) is 5. The van der Waals surface area contributed by atoms with Gasteiger partial charge in [0.1, 0.15) is 21.2 Å². The predicted octanol–water partition coefficient (Wildman–Crippen LogP) is 4.92. The normalized spacial score (nSPS) is 11.7. The average Bonchev–Trinajstić information content (AvgIpc) is 3.09. The summed E-state index contributed by atoms with van der Waals surface area (Å²) in [7, 11) is -3.81. The fourth-order valence-electron chi connectivity index (χ4n) is 2.79. The van der Waals surface area contributed by atoms with Gasteiger partial charge in [-0.05, 0) is 73.5 Å². The van der Waals surface area contributed by atoms with E-state index in [0.29, 0.717) is 5.69 Å². The van der Waals surface area contributed by atoms with Gasteiger partial charge in [-0.25, -0.2) is 22.8 Å². The fraction of sp³-hybridized carbons (Fsp3) is 0.100. The summed E-state index contributed by atoms with van der Waals surface area (Å²) in [6.07, 6.45) is 1.73.